The molecule has 1 N–H and O–H groups in total. The number of nitrogens with one attached hydrogen (secondary N) is 1. The summed E-state index contributed by atoms with van der Waals surface area (Å²) < 4.78 is 10.5. The van der Waals surface area contributed by atoms with E-state index in [2.05, 4.69) is 43.4 Å². The summed E-state index contributed by atoms with van der Waals surface area (Å²) in [4.78, 5) is 11.8. The average molecular weight is 340 g/mol. The number of amides is 1. The topological polar surface area (TPSA) is 59.9 Å². The van der Waals surface area contributed by atoms with Crippen LogP contribution in [-0.2, 0) is 10.2 Å². The van der Waals surface area contributed by atoms with Crippen molar-refractivity contribution in [2.75, 3.05) is 13.7 Å². The van der Waals surface area contributed by atoms with E-state index in [9.17, 15) is 4.79 Å². The zero-order valence-electron chi connectivity index (χ0n) is 15.1. The Hall–Kier alpha value is -2.82. The lowest BCUT2D eigenvalue weighted by Crippen LogP contribution is -2.24. The Kier molecular flexibility index (Phi) is 6.17. The number of benzene rings is 2. The molecule has 5 heteroatoms. The maximum atomic E-state index is 11.8. The molecule has 0 aliphatic carbocycles. The number of carbonyl (C=O) groups is 1. The van der Waals surface area contributed by atoms with Crippen molar-refractivity contribution >= 4 is 12.1 Å². The standard InChI is InChI=1S/C20H24N2O3/c1-20(2,3)16-10-8-15(9-11-16)13-21-22-19(23)14-25-18-7-5-6-17(12-18)24-4/h5-13H,14H2,1-4H3,(H,22,23)/b21-13+. The smallest absolute Gasteiger partial charge is 0.277 e. The molecule has 0 bridgehead atoms. The maximum Gasteiger partial charge on any atom is 0.277 e. The molecular weight excluding hydrogens is 316 g/mol. The molecule has 0 atom stereocenters. The average Bonchev–Trinajstić information content (AvgIpc) is 2.60. The normalized spacial score (nSPS) is 11.4. The monoisotopic (exact) mass is 340 g/mol. The summed E-state index contributed by atoms with van der Waals surface area (Å²) in [6.45, 7) is 6.38. The van der Waals surface area contributed by atoms with Gasteiger partial charge in [0.2, 0.25) is 0 Å². The molecular formula is C20H24N2O3. The Morgan fingerprint density at radius 3 is 2.44 bits per heavy atom. The highest BCUT2D eigenvalue weighted by molar-refractivity contribution is 5.83. The van der Waals surface area contributed by atoms with Gasteiger partial charge in [-0.1, -0.05) is 51.1 Å². The van der Waals surface area contributed by atoms with Gasteiger partial charge < -0.3 is 9.47 Å². The molecule has 2 rings (SSSR count). The molecule has 0 saturated heterocycles. The number of carbonyl (C=O) groups excluding carboxylic acids is 1. The van der Waals surface area contributed by atoms with Crippen LogP contribution < -0.4 is 14.9 Å². The molecule has 0 spiro atoms. The van der Waals surface area contributed by atoms with Gasteiger partial charge in [-0.15, -0.1) is 0 Å². The number of rotatable bonds is 6. The summed E-state index contributed by atoms with van der Waals surface area (Å²) in [5, 5.41) is 3.95. The largest absolute Gasteiger partial charge is 0.497 e. The second kappa shape index (κ2) is 8.33. The minimum absolute atomic E-state index is 0.112. The van der Waals surface area contributed by atoms with Gasteiger partial charge >= 0.3 is 0 Å². The first kappa shape index (κ1) is 18.5. The number of hydrazone groups is 1. The Labute approximate surface area is 148 Å². The molecule has 0 saturated carbocycles. The van der Waals surface area contributed by atoms with Gasteiger partial charge in [0.25, 0.3) is 5.91 Å². The zero-order chi connectivity index (χ0) is 18.3. The van der Waals surface area contributed by atoms with Crippen LogP contribution in [-0.4, -0.2) is 25.8 Å². The van der Waals surface area contributed by atoms with Crippen LogP contribution in [0.1, 0.15) is 31.9 Å². The van der Waals surface area contributed by atoms with Gasteiger partial charge in [0.15, 0.2) is 6.61 Å². The fraction of sp³-hybridized carbons (Fsp3) is 0.300. The molecule has 2 aromatic rings. The summed E-state index contributed by atoms with van der Waals surface area (Å²) in [5.74, 6) is 0.913. The molecule has 0 radical (unpaired) electrons. The van der Waals surface area contributed by atoms with Gasteiger partial charge in [-0.3, -0.25) is 4.79 Å². The van der Waals surface area contributed by atoms with Crippen molar-refractivity contribution in [3.63, 3.8) is 0 Å². The molecule has 25 heavy (non-hydrogen) atoms. The Morgan fingerprint density at radius 1 is 1.12 bits per heavy atom. The Balaban J connectivity index is 1.82. The quantitative estimate of drug-likeness (QED) is 0.646. The fourth-order valence-electron chi connectivity index (χ4n) is 2.12. The molecule has 0 fully saturated rings. The number of hydrogen-bond donors (Lipinski definition) is 1. The van der Waals surface area contributed by atoms with Crippen LogP contribution in [0, 0.1) is 0 Å². The van der Waals surface area contributed by atoms with Gasteiger partial charge in [-0.2, -0.15) is 5.10 Å². The third kappa shape index (κ3) is 5.95. The van der Waals surface area contributed by atoms with Crippen LogP contribution in [0.25, 0.3) is 0 Å². The maximum absolute atomic E-state index is 11.8. The lowest BCUT2D eigenvalue weighted by molar-refractivity contribution is -0.123. The minimum atomic E-state index is -0.328. The SMILES string of the molecule is COc1cccc(OCC(=O)N/N=C/c2ccc(C(C)(C)C)cc2)c1. The van der Waals surface area contributed by atoms with E-state index in [-0.39, 0.29) is 17.9 Å². The molecule has 0 aromatic heterocycles. The predicted octanol–water partition coefficient (Wildman–Crippen LogP) is 3.52. The van der Waals surface area contributed by atoms with Crippen LogP contribution in [0.2, 0.25) is 0 Å². The number of ether oxygens (including phenoxy) is 2. The first-order valence-corrected chi connectivity index (χ1v) is 8.08. The Morgan fingerprint density at radius 2 is 1.80 bits per heavy atom. The molecule has 0 aliphatic heterocycles. The van der Waals surface area contributed by atoms with Gasteiger partial charge in [0.05, 0.1) is 13.3 Å². The lowest BCUT2D eigenvalue weighted by Gasteiger charge is -2.18. The molecule has 0 unspecified atom stereocenters. The van der Waals surface area contributed by atoms with Gasteiger partial charge in [-0.05, 0) is 28.7 Å². The number of hydrogen-bond acceptors (Lipinski definition) is 4. The highest BCUT2D eigenvalue weighted by Crippen LogP contribution is 2.21. The van der Waals surface area contributed by atoms with Crippen molar-refractivity contribution < 1.29 is 14.3 Å². The molecule has 0 aliphatic rings. The summed E-state index contributed by atoms with van der Waals surface area (Å²) >= 11 is 0. The highest BCUT2D eigenvalue weighted by atomic mass is 16.5. The second-order valence-corrected chi connectivity index (χ2v) is 6.63. The minimum Gasteiger partial charge on any atom is -0.497 e. The molecule has 2 aromatic carbocycles. The molecule has 132 valence electrons. The third-order valence-corrected chi connectivity index (χ3v) is 3.59. The Bertz CT molecular complexity index is 731. The number of nitrogens with zero attached hydrogens (tertiary/aromatic N) is 1. The van der Waals surface area contributed by atoms with Crippen LogP contribution >= 0.6 is 0 Å². The summed E-state index contributed by atoms with van der Waals surface area (Å²) in [6.07, 6.45) is 1.61. The fourth-order valence-corrected chi connectivity index (χ4v) is 2.12. The van der Waals surface area contributed by atoms with Gasteiger partial charge in [0.1, 0.15) is 11.5 Å². The summed E-state index contributed by atoms with van der Waals surface area (Å²) in [7, 11) is 1.58. The van der Waals surface area contributed by atoms with Crippen molar-refractivity contribution in [3.05, 3.63) is 59.7 Å². The van der Waals surface area contributed by atoms with Crippen LogP contribution in [0.5, 0.6) is 11.5 Å². The van der Waals surface area contributed by atoms with E-state index < -0.39 is 0 Å². The highest BCUT2D eigenvalue weighted by Gasteiger charge is 2.12. The number of methoxy groups -OCH3 is 1. The van der Waals surface area contributed by atoms with Crippen LogP contribution in [0.3, 0.4) is 0 Å². The third-order valence-electron chi connectivity index (χ3n) is 3.59. The van der Waals surface area contributed by atoms with Crippen molar-refractivity contribution in [1.29, 1.82) is 0 Å². The van der Waals surface area contributed by atoms with Gasteiger partial charge in [-0.25, -0.2) is 5.43 Å². The van der Waals surface area contributed by atoms with E-state index >= 15 is 0 Å². The van der Waals surface area contributed by atoms with Crippen molar-refractivity contribution in [2.24, 2.45) is 5.10 Å². The second-order valence-electron chi connectivity index (χ2n) is 6.63. The van der Waals surface area contributed by atoms with Crippen LogP contribution in [0.4, 0.5) is 0 Å². The summed E-state index contributed by atoms with van der Waals surface area (Å²) in [5.41, 5.74) is 4.73. The first-order chi connectivity index (χ1) is 11.9. The van der Waals surface area contributed by atoms with Crippen molar-refractivity contribution in [2.45, 2.75) is 26.2 Å². The van der Waals surface area contributed by atoms with E-state index in [1.54, 1.807) is 31.5 Å². The van der Waals surface area contributed by atoms with Crippen molar-refractivity contribution in [3.8, 4) is 11.5 Å². The lowest BCUT2D eigenvalue weighted by atomic mass is 9.87. The van der Waals surface area contributed by atoms with Gasteiger partial charge in [0, 0.05) is 6.07 Å². The molecule has 0 heterocycles. The van der Waals surface area contributed by atoms with Crippen molar-refractivity contribution in [1.82, 2.24) is 5.43 Å². The van der Waals surface area contributed by atoms with E-state index in [1.807, 2.05) is 18.2 Å². The summed E-state index contributed by atoms with van der Waals surface area (Å²) in [6, 6.07) is 15.2. The van der Waals surface area contributed by atoms with E-state index in [4.69, 9.17) is 9.47 Å². The predicted molar refractivity (Wildman–Crippen MR) is 99.4 cm³/mol. The van der Waals surface area contributed by atoms with E-state index in [0.29, 0.717) is 11.5 Å². The zero-order valence-corrected chi connectivity index (χ0v) is 15.1. The van der Waals surface area contributed by atoms with E-state index in [1.165, 1.54) is 5.56 Å². The molecule has 1 amide bonds. The first-order valence-electron chi connectivity index (χ1n) is 8.08. The van der Waals surface area contributed by atoms with Crippen LogP contribution in [0.15, 0.2) is 53.6 Å². The molecule has 5 nitrogen and oxygen atoms in total. The van der Waals surface area contributed by atoms with E-state index in [0.717, 1.165) is 5.56 Å².